The second-order valence-corrected chi connectivity index (χ2v) is 3.49. The number of unbranched alkanes of at least 4 members (excludes halogenated alkanes) is 1. The fourth-order valence-electron chi connectivity index (χ4n) is 1.22. The van der Waals surface area contributed by atoms with Gasteiger partial charge in [0.2, 0.25) is 0 Å². The Morgan fingerprint density at radius 2 is 2.19 bits per heavy atom. The summed E-state index contributed by atoms with van der Waals surface area (Å²) in [5, 5.41) is 17.9. The van der Waals surface area contributed by atoms with Gasteiger partial charge in [-0.2, -0.15) is 0 Å². The fraction of sp³-hybridized carbons (Fsp3) is 0.364. The number of benzene rings is 1. The third-order valence-electron chi connectivity index (χ3n) is 2.15. The molecule has 1 rings (SSSR count). The SMILES string of the molecule is CCCCOC(=O)c1cccc(B(O)O)c1. The molecule has 0 radical (unpaired) electrons. The molecular weight excluding hydrogens is 207 g/mol. The van der Waals surface area contributed by atoms with Gasteiger partial charge >= 0.3 is 13.1 Å². The minimum atomic E-state index is -1.57. The molecule has 0 aliphatic heterocycles. The highest BCUT2D eigenvalue weighted by atomic mass is 16.5. The van der Waals surface area contributed by atoms with Gasteiger partial charge in [0, 0.05) is 0 Å². The summed E-state index contributed by atoms with van der Waals surface area (Å²) in [6, 6.07) is 6.12. The molecule has 0 bridgehead atoms. The van der Waals surface area contributed by atoms with E-state index in [0.717, 1.165) is 12.8 Å². The lowest BCUT2D eigenvalue weighted by atomic mass is 9.80. The number of hydrogen-bond donors (Lipinski definition) is 2. The third kappa shape index (κ3) is 3.68. The Morgan fingerprint density at radius 3 is 2.81 bits per heavy atom. The standard InChI is InChI=1S/C11H15BO4/c1-2-3-7-16-11(13)9-5-4-6-10(8-9)12(14)15/h4-6,8,14-15H,2-3,7H2,1H3. The van der Waals surface area contributed by atoms with Gasteiger partial charge in [0.05, 0.1) is 12.2 Å². The Kier molecular flexibility index (Phi) is 5.02. The smallest absolute Gasteiger partial charge is 0.462 e. The van der Waals surface area contributed by atoms with Crippen LogP contribution in [0.3, 0.4) is 0 Å². The fourth-order valence-corrected chi connectivity index (χ4v) is 1.22. The van der Waals surface area contributed by atoms with Crippen LogP contribution < -0.4 is 5.46 Å². The molecule has 0 saturated heterocycles. The molecule has 16 heavy (non-hydrogen) atoms. The first-order chi connectivity index (χ1) is 7.65. The van der Waals surface area contributed by atoms with E-state index in [2.05, 4.69) is 0 Å². The van der Waals surface area contributed by atoms with Gasteiger partial charge in [-0.3, -0.25) is 0 Å². The highest BCUT2D eigenvalue weighted by molar-refractivity contribution is 6.58. The molecule has 1 aromatic rings. The number of carbonyl (C=O) groups excluding carboxylic acids is 1. The molecule has 0 unspecified atom stereocenters. The zero-order valence-corrected chi connectivity index (χ0v) is 9.22. The third-order valence-corrected chi connectivity index (χ3v) is 2.15. The largest absolute Gasteiger partial charge is 0.488 e. The van der Waals surface area contributed by atoms with Crippen LogP contribution in [0.4, 0.5) is 0 Å². The van der Waals surface area contributed by atoms with Crippen molar-refractivity contribution >= 4 is 18.6 Å². The molecule has 0 spiro atoms. The van der Waals surface area contributed by atoms with Crippen LogP contribution in [0.1, 0.15) is 30.1 Å². The average Bonchev–Trinajstić information content (AvgIpc) is 2.29. The van der Waals surface area contributed by atoms with Gasteiger partial charge < -0.3 is 14.8 Å². The number of hydrogen-bond acceptors (Lipinski definition) is 4. The summed E-state index contributed by atoms with van der Waals surface area (Å²) in [6.45, 7) is 2.40. The molecule has 0 atom stereocenters. The van der Waals surface area contributed by atoms with Crippen molar-refractivity contribution in [1.82, 2.24) is 0 Å². The Morgan fingerprint density at radius 1 is 1.44 bits per heavy atom. The van der Waals surface area contributed by atoms with Crippen molar-refractivity contribution in [2.24, 2.45) is 0 Å². The van der Waals surface area contributed by atoms with E-state index in [9.17, 15) is 4.79 Å². The second kappa shape index (κ2) is 6.30. The molecule has 2 N–H and O–H groups in total. The first-order valence-corrected chi connectivity index (χ1v) is 5.28. The van der Waals surface area contributed by atoms with Gasteiger partial charge in [-0.1, -0.05) is 25.5 Å². The predicted octanol–water partition coefficient (Wildman–Crippen LogP) is 0.323. The summed E-state index contributed by atoms with van der Waals surface area (Å²) in [5.41, 5.74) is 0.617. The molecule has 86 valence electrons. The van der Waals surface area contributed by atoms with Crippen LogP contribution in [-0.4, -0.2) is 29.7 Å². The van der Waals surface area contributed by atoms with Crippen molar-refractivity contribution in [3.63, 3.8) is 0 Å². The lowest BCUT2D eigenvalue weighted by molar-refractivity contribution is 0.0500. The van der Waals surface area contributed by atoms with Crippen molar-refractivity contribution in [3.05, 3.63) is 29.8 Å². The van der Waals surface area contributed by atoms with E-state index in [-0.39, 0.29) is 5.46 Å². The van der Waals surface area contributed by atoms with Crippen LogP contribution in [-0.2, 0) is 4.74 Å². The highest BCUT2D eigenvalue weighted by Gasteiger charge is 2.14. The summed E-state index contributed by atoms with van der Waals surface area (Å²) in [5.74, 6) is -0.434. The van der Waals surface area contributed by atoms with E-state index in [4.69, 9.17) is 14.8 Å². The summed E-state index contributed by atoms with van der Waals surface area (Å²) in [6.07, 6.45) is 1.79. The Hall–Kier alpha value is -1.33. The van der Waals surface area contributed by atoms with Crippen molar-refractivity contribution in [2.45, 2.75) is 19.8 Å². The molecule has 1 aromatic carbocycles. The molecule has 0 heterocycles. The maximum Gasteiger partial charge on any atom is 0.488 e. The van der Waals surface area contributed by atoms with E-state index in [0.29, 0.717) is 12.2 Å². The summed E-state index contributed by atoms with van der Waals surface area (Å²) in [4.78, 5) is 11.5. The van der Waals surface area contributed by atoms with Gasteiger partial charge in [-0.15, -0.1) is 0 Å². The molecule has 4 nitrogen and oxygen atoms in total. The van der Waals surface area contributed by atoms with E-state index in [1.807, 2.05) is 6.92 Å². The highest BCUT2D eigenvalue weighted by Crippen LogP contribution is 2.01. The minimum Gasteiger partial charge on any atom is -0.462 e. The Bertz CT molecular complexity index is 352. The van der Waals surface area contributed by atoms with Crippen molar-refractivity contribution < 1.29 is 19.6 Å². The number of ether oxygens (including phenoxy) is 1. The molecule has 0 aromatic heterocycles. The second-order valence-electron chi connectivity index (χ2n) is 3.49. The van der Waals surface area contributed by atoms with Gasteiger partial charge in [0.1, 0.15) is 0 Å². The first kappa shape index (κ1) is 12.7. The molecule has 0 amide bonds. The van der Waals surface area contributed by atoms with E-state index in [1.54, 1.807) is 12.1 Å². The minimum absolute atomic E-state index is 0.282. The first-order valence-electron chi connectivity index (χ1n) is 5.28. The van der Waals surface area contributed by atoms with E-state index < -0.39 is 13.1 Å². The maximum atomic E-state index is 11.5. The summed E-state index contributed by atoms with van der Waals surface area (Å²) < 4.78 is 5.00. The van der Waals surface area contributed by atoms with Gasteiger partial charge in [-0.05, 0) is 24.0 Å². The average molecular weight is 222 g/mol. The molecule has 0 aliphatic rings. The van der Waals surface area contributed by atoms with Gasteiger partial charge in [0.25, 0.3) is 0 Å². The molecule has 0 aliphatic carbocycles. The van der Waals surface area contributed by atoms with Gasteiger partial charge in [-0.25, -0.2) is 4.79 Å². The molecule has 0 fully saturated rings. The maximum absolute atomic E-state index is 11.5. The molecule has 0 saturated carbocycles. The van der Waals surface area contributed by atoms with Gasteiger partial charge in [0.15, 0.2) is 0 Å². The van der Waals surface area contributed by atoms with Crippen molar-refractivity contribution in [2.75, 3.05) is 6.61 Å². The topological polar surface area (TPSA) is 66.8 Å². The quantitative estimate of drug-likeness (QED) is 0.427. The van der Waals surface area contributed by atoms with Crippen LogP contribution in [0, 0.1) is 0 Å². The van der Waals surface area contributed by atoms with Crippen LogP contribution in [0.5, 0.6) is 0 Å². The number of carbonyl (C=O) groups is 1. The van der Waals surface area contributed by atoms with Crippen molar-refractivity contribution in [3.8, 4) is 0 Å². The summed E-state index contributed by atoms with van der Waals surface area (Å²) >= 11 is 0. The Labute approximate surface area is 95.0 Å². The van der Waals surface area contributed by atoms with Crippen LogP contribution in [0.25, 0.3) is 0 Å². The zero-order valence-electron chi connectivity index (χ0n) is 9.22. The van der Waals surface area contributed by atoms with Crippen LogP contribution >= 0.6 is 0 Å². The summed E-state index contributed by atoms with van der Waals surface area (Å²) in [7, 11) is -1.57. The lowest BCUT2D eigenvalue weighted by Crippen LogP contribution is -2.30. The predicted molar refractivity (Wildman–Crippen MR) is 61.5 cm³/mol. The lowest BCUT2D eigenvalue weighted by Gasteiger charge is -2.05. The van der Waals surface area contributed by atoms with Crippen LogP contribution in [0.2, 0.25) is 0 Å². The molecular formula is C11H15BO4. The molecule has 5 heteroatoms. The van der Waals surface area contributed by atoms with Crippen molar-refractivity contribution in [1.29, 1.82) is 0 Å². The van der Waals surface area contributed by atoms with Crippen LogP contribution in [0.15, 0.2) is 24.3 Å². The Balaban J connectivity index is 2.64. The monoisotopic (exact) mass is 222 g/mol. The zero-order chi connectivity index (χ0) is 12.0. The van der Waals surface area contributed by atoms with E-state index >= 15 is 0 Å². The number of esters is 1. The number of rotatable bonds is 5. The van der Waals surface area contributed by atoms with E-state index in [1.165, 1.54) is 12.1 Å². The normalized spacial score (nSPS) is 9.94.